The van der Waals surface area contributed by atoms with Gasteiger partial charge < -0.3 is 9.64 Å². The van der Waals surface area contributed by atoms with Gasteiger partial charge in [-0.05, 0) is 43.9 Å². The number of benzene rings is 2. The zero-order chi connectivity index (χ0) is 15.7. The van der Waals surface area contributed by atoms with E-state index in [1.54, 1.807) is 0 Å². The van der Waals surface area contributed by atoms with Crippen LogP contribution in [0.1, 0.15) is 22.0 Å². The Morgan fingerprint density at radius 3 is 2.45 bits per heavy atom. The highest BCUT2D eigenvalue weighted by Crippen LogP contribution is 2.39. The molecule has 3 nitrogen and oxygen atoms in total. The zero-order valence-electron chi connectivity index (χ0n) is 12.6. The molecule has 0 spiro atoms. The fourth-order valence-electron chi connectivity index (χ4n) is 2.85. The molecule has 114 valence electrons. The lowest BCUT2D eigenvalue weighted by Gasteiger charge is -2.34. The van der Waals surface area contributed by atoms with Crippen LogP contribution in [0.25, 0.3) is 0 Å². The van der Waals surface area contributed by atoms with E-state index in [9.17, 15) is 4.79 Å². The first kappa shape index (κ1) is 15.3. The maximum absolute atomic E-state index is 12.9. The number of ether oxygens (including phenoxy) is 1. The summed E-state index contributed by atoms with van der Waals surface area (Å²) in [6.45, 7) is 0.661. The van der Waals surface area contributed by atoms with Crippen molar-refractivity contribution in [2.45, 2.75) is 6.10 Å². The number of nitrogens with zero attached hydrogens (tertiary/aromatic N) is 1. The van der Waals surface area contributed by atoms with E-state index in [0.717, 1.165) is 10.0 Å². The lowest BCUT2D eigenvalue weighted by Crippen LogP contribution is -2.38. The van der Waals surface area contributed by atoms with Gasteiger partial charge in [-0.1, -0.05) is 40.2 Å². The molecule has 1 aliphatic rings. The van der Waals surface area contributed by atoms with Gasteiger partial charge in [-0.25, -0.2) is 0 Å². The Labute approximate surface area is 139 Å². The lowest BCUT2D eigenvalue weighted by molar-refractivity contribution is 0.0594. The molecule has 0 saturated carbocycles. The summed E-state index contributed by atoms with van der Waals surface area (Å²) in [6, 6.07) is 15.5. The molecule has 2 atom stereocenters. The van der Waals surface area contributed by atoms with Crippen molar-refractivity contribution < 1.29 is 9.53 Å². The Morgan fingerprint density at radius 2 is 1.77 bits per heavy atom. The quantitative estimate of drug-likeness (QED) is 0.830. The fourth-order valence-corrected chi connectivity index (χ4v) is 3.12. The minimum absolute atomic E-state index is 0.156. The van der Waals surface area contributed by atoms with Crippen LogP contribution in [0.2, 0.25) is 0 Å². The molecule has 0 aliphatic carbocycles. The van der Waals surface area contributed by atoms with E-state index < -0.39 is 0 Å². The second kappa shape index (κ2) is 6.23. The van der Waals surface area contributed by atoms with Gasteiger partial charge in [0.05, 0.1) is 11.5 Å². The minimum atomic E-state index is -0.252. The average Bonchev–Trinajstić information content (AvgIpc) is 2.50. The van der Waals surface area contributed by atoms with Gasteiger partial charge in [-0.15, -0.1) is 0 Å². The number of hydrogen-bond donors (Lipinski definition) is 0. The summed E-state index contributed by atoms with van der Waals surface area (Å²) in [4.78, 5) is 14.9. The molecule has 1 heterocycles. The molecule has 0 amide bonds. The lowest BCUT2D eigenvalue weighted by atomic mass is 9.85. The third-order valence-corrected chi connectivity index (χ3v) is 4.40. The maximum atomic E-state index is 12.9. The molecule has 0 fully saturated rings. The first-order chi connectivity index (χ1) is 10.6. The predicted molar refractivity (Wildman–Crippen MR) is 90.3 cm³/mol. The van der Waals surface area contributed by atoms with E-state index in [0.29, 0.717) is 17.9 Å². The molecule has 4 heteroatoms. The van der Waals surface area contributed by atoms with Crippen molar-refractivity contribution in [3.8, 4) is 5.75 Å². The number of ketones is 1. The Kier molecular flexibility index (Phi) is 4.32. The summed E-state index contributed by atoms with van der Waals surface area (Å²) in [6.07, 6.45) is -0.252. The van der Waals surface area contributed by atoms with E-state index >= 15 is 0 Å². The van der Waals surface area contributed by atoms with Crippen LogP contribution in [-0.2, 0) is 0 Å². The third-order valence-electron chi connectivity index (χ3n) is 3.87. The Morgan fingerprint density at radius 1 is 1.09 bits per heavy atom. The van der Waals surface area contributed by atoms with Gasteiger partial charge in [-0.3, -0.25) is 4.79 Å². The standard InChI is InChI=1S/C18H18BrNO2/c1-20(2)11-15-17(21)14-5-3-4-6-16(14)22-18(15)12-7-9-13(19)10-8-12/h3-10,15,18H,11H2,1-2H3. The summed E-state index contributed by atoms with van der Waals surface area (Å²) in [5.74, 6) is 0.630. The predicted octanol–water partition coefficient (Wildman–Crippen LogP) is 3.94. The molecular formula is C18H18BrNO2. The van der Waals surface area contributed by atoms with Crippen molar-refractivity contribution in [3.63, 3.8) is 0 Å². The van der Waals surface area contributed by atoms with Crippen molar-refractivity contribution in [2.75, 3.05) is 20.6 Å². The molecule has 22 heavy (non-hydrogen) atoms. The largest absolute Gasteiger partial charge is 0.484 e. The SMILES string of the molecule is CN(C)CC1C(=O)c2ccccc2OC1c1ccc(Br)cc1. The topological polar surface area (TPSA) is 29.5 Å². The summed E-state index contributed by atoms with van der Waals surface area (Å²) >= 11 is 3.45. The highest BCUT2D eigenvalue weighted by atomic mass is 79.9. The molecule has 0 aromatic heterocycles. The van der Waals surface area contributed by atoms with Crippen LogP contribution in [0.4, 0.5) is 0 Å². The molecule has 2 aromatic rings. The van der Waals surface area contributed by atoms with Gasteiger partial charge in [0.1, 0.15) is 11.9 Å². The molecule has 2 unspecified atom stereocenters. The summed E-state index contributed by atoms with van der Waals surface area (Å²) < 4.78 is 7.20. The highest BCUT2D eigenvalue weighted by Gasteiger charge is 2.38. The first-order valence-corrected chi connectivity index (χ1v) is 8.05. The van der Waals surface area contributed by atoms with E-state index in [-0.39, 0.29) is 17.8 Å². The smallest absolute Gasteiger partial charge is 0.175 e. The van der Waals surface area contributed by atoms with Crippen LogP contribution >= 0.6 is 15.9 Å². The molecule has 0 saturated heterocycles. The van der Waals surface area contributed by atoms with Crippen molar-refractivity contribution in [1.29, 1.82) is 0 Å². The minimum Gasteiger partial charge on any atom is -0.484 e. The van der Waals surface area contributed by atoms with Crippen LogP contribution in [0.15, 0.2) is 53.0 Å². The van der Waals surface area contributed by atoms with E-state index in [1.165, 1.54) is 0 Å². The monoisotopic (exact) mass is 359 g/mol. The number of halogens is 1. The summed E-state index contributed by atoms with van der Waals surface area (Å²) in [7, 11) is 3.96. The maximum Gasteiger partial charge on any atom is 0.175 e. The first-order valence-electron chi connectivity index (χ1n) is 7.26. The van der Waals surface area contributed by atoms with Crippen LogP contribution in [0.5, 0.6) is 5.75 Å². The number of hydrogen-bond acceptors (Lipinski definition) is 3. The molecular weight excluding hydrogens is 342 g/mol. The van der Waals surface area contributed by atoms with Crippen LogP contribution in [0.3, 0.4) is 0 Å². The van der Waals surface area contributed by atoms with E-state index in [4.69, 9.17) is 4.74 Å². The van der Waals surface area contributed by atoms with Crippen LogP contribution in [-0.4, -0.2) is 31.3 Å². The van der Waals surface area contributed by atoms with Gasteiger partial charge in [0.2, 0.25) is 0 Å². The van der Waals surface area contributed by atoms with Gasteiger partial charge in [0.25, 0.3) is 0 Å². The second-order valence-corrected chi connectivity index (χ2v) is 6.73. The Hall–Kier alpha value is -1.65. The average molecular weight is 360 g/mol. The Bertz CT molecular complexity index is 682. The normalized spacial score (nSPS) is 20.6. The van der Waals surface area contributed by atoms with Gasteiger partial charge >= 0.3 is 0 Å². The molecule has 0 bridgehead atoms. The van der Waals surface area contributed by atoms with Gasteiger partial charge in [0.15, 0.2) is 5.78 Å². The number of para-hydroxylation sites is 1. The number of rotatable bonds is 3. The summed E-state index contributed by atoms with van der Waals surface area (Å²) in [5.41, 5.74) is 1.71. The second-order valence-electron chi connectivity index (χ2n) is 5.82. The van der Waals surface area contributed by atoms with Crippen LogP contribution < -0.4 is 4.74 Å². The number of fused-ring (bicyclic) bond motifs is 1. The van der Waals surface area contributed by atoms with Crippen molar-refractivity contribution in [1.82, 2.24) is 4.90 Å². The molecule has 1 aliphatic heterocycles. The summed E-state index contributed by atoms with van der Waals surface area (Å²) in [5, 5.41) is 0. The third kappa shape index (κ3) is 2.94. The van der Waals surface area contributed by atoms with Crippen molar-refractivity contribution >= 4 is 21.7 Å². The van der Waals surface area contributed by atoms with Gasteiger partial charge in [-0.2, -0.15) is 0 Å². The van der Waals surface area contributed by atoms with Gasteiger partial charge in [0, 0.05) is 11.0 Å². The number of carbonyl (C=O) groups excluding carboxylic acids is 1. The molecule has 3 rings (SSSR count). The highest BCUT2D eigenvalue weighted by molar-refractivity contribution is 9.10. The van der Waals surface area contributed by atoms with Crippen molar-refractivity contribution in [3.05, 3.63) is 64.1 Å². The van der Waals surface area contributed by atoms with E-state index in [2.05, 4.69) is 15.9 Å². The molecule has 2 aromatic carbocycles. The van der Waals surface area contributed by atoms with Crippen LogP contribution in [0, 0.1) is 5.92 Å². The fraction of sp³-hybridized carbons (Fsp3) is 0.278. The Balaban J connectivity index is 2.02. The van der Waals surface area contributed by atoms with E-state index in [1.807, 2.05) is 67.5 Å². The van der Waals surface area contributed by atoms with Crippen molar-refractivity contribution in [2.24, 2.45) is 5.92 Å². The zero-order valence-corrected chi connectivity index (χ0v) is 14.2. The number of carbonyl (C=O) groups is 1. The molecule has 0 N–H and O–H groups in total. The molecule has 0 radical (unpaired) electrons. The number of Topliss-reactive ketones (excluding diaryl/α,β-unsaturated/α-hetero) is 1.